The first-order valence-electron chi connectivity index (χ1n) is 7.59. The zero-order valence-corrected chi connectivity index (χ0v) is 12.9. The number of hydrogen-bond donors (Lipinski definition) is 2. The fourth-order valence-corrected chi connectivity index (χ4v) is 2.73. The van der Waals surface area contributed by atoms with E-state index in [2.05, 4.69) is 15.8 Å². The van der Waals surface area contributed by atoms with Crippen LogP contribution in [0.4, 0.5) is 0 Å². The molecule has 2 aliphatic rings. The highest BCUT2D eigenvalue weighted by Gasteiger charge is 2.24. The van der Waals surface area contributed by atoms with E-state index in [9.17, 15) is 9.59 Å². The Balaban J connectivity index is 1.56. The second-order valence-electron chi connectivity index (χ2n) is 5.63. The Labute approximate surface area is 134 Å². The topological polar surface area (TPSA) is 89.0 Å². The average Bonchev–Trinajstić information content (AvgIpc) is 2.59. The van der Waals surface area contributed by atoms with Gasteiger partial charge in [0.05, 0.1) is 13.7 Å². The summed E-state index contributed by atoms with van der Waals surface area (Å²) < 4.78 is 11.1. The first kappa shape index (κ1) is 15.3. The van der Waals surface area contributed by atoms with Crippen LogP contribution in [0.3, 0.4) is 0 Å². The van der Waals surface area contributed by atoms with Crippen molar-refractivity contribution in [2.75, 3.05) is 20.3 Å². The van der Waals surface area contributed by atoms with Crippen LogP contribution >= 0.6 is 0 Å². The molecule has 1 atom stereocenters. The number of benzene rings is 1. The highest BCUT2D eigenvalue weighted by Crippen LogP contribution is 2.35. The van der Waals surface area contributed by atoms with E-state index in [1.165, 1.54) is 0 Å². The van der Waals surface area contributed by atoms with Gasteiger partial charge >= 0.3 is 0 Å². The molecule has 0 saturated heterocycles. The molecule has 122 valence electrons. The van der Waals surface area contributed by atoms with Crippen molar-refractivity contribution in [3.05, 3.63) is 23.8 Å². The lowest BCUT2D eigenvalue weighted by Crippen LogP contribution is -2.40. The van der Waals surface area contributed by atoms with Crippen molar-refractivity contribution in [3.63, 3.8) is 0 Å². The number of para-hydroxylation sites is 1. The van der Waals surface area contributed by atoms with Gasteiger partial charge in [-0.1, -0.05) is 12.1 Å². The highest BCUT2D eigenvalue weighted by atomic mass is 16.5. The molecular formula is C16H19N3O4. The molecule has 0 fully saturated rings. The second-order valence-corrected chi connectivity index (χ2v) is 5.63. The number of nitrogens with one attached hydrogen (secondary N) is 2. The minimum Gasteiger partial charge on any atom is -0.493 e. The Hall–Kier alpha value is -2.57. The van der Waals surface area contributed by atoms with Gasteiger partial charge in [-0.15, -0.1) is 0 Å². The Morgan fingerprint density at radius 2 is 2.35 bits per heavy atom. The van der Waals surface area contributed by atoms with E-state index >= 15 is 0 Å². The van der Waals surface area contributed by atoms with Gasteiger partial charge in [-0.05, 0) is 18.1 Å². The summed E-state index contributed by atoms with van der Waals surface area (Å²) in [5, 5.41) is 6.65. The predicted octanol–water partition coefficient (Wildman–Crippen LogP) is 0.628. The third kappa shape index (κ3) is 3.44. The summed E-state index contributed by atoms with van der Waals surface area (Å²) in [7, 11) is 1.62. The number of ether oxygens (including phenoxy) is 2. The van der Waals surface area contributed by atoms with Gasteiger partial charge in [0.15, 0.2) is 11.5 Å². The molecule has 0 bridgehead atoms. The van der Waals surface area contributed by atoms with Gasteiger partial charge in [-0.25, -0.2) is 5.43 Å². The van der Waals surface area contributed by atoms with E-state index in [1.54, 1.807) is 7.11 Å². The van der Waals surface area contributed by atoms with Crippen LogP contribution in [0, 0.1) is 5.92 Å². The zero-order chi connectivity index (χ0) is 16.2. The fourth-order valence-electron chi connectivity index (χ4n) is 2.73. The Morgan fingerprint density at radius 1 is 1.48 bits per heavy atom. The number of rotatable bonds is 4. The van der Waals surface area contributed by atoms with E-state index < -0.39 is 0 Å². The molecule has 0 radical (unpaired) electrons. The minimum atomic E-state index is -0.235. The van der Waals surface area contributed by atoms with Crippen molar-refractivity contribution in [2.24, 2.45) is 11.0 Å². The van der Waals surface area contributed by atoms with E-state index in [1.807, 2.05) is 18.2 Å². The van der Waals surface area contributed by atoms with Crippen LogP contribution in [0.2, 0.25) is 0 Å². The Morgan fingerprint density at radius 3 is 3.09 bits per heavy atom. The molecule has 0 aromatic heterocycles. The van der Waals surface area contributed by atoms with Crippen LogP contribution in [0.15, 0.2) is 23.3 Å². The predicted molar refractivity (Wildman–Crippen MR) is 83.5 cm³/mol. The molecule has 2 N–H and O–H groups in total. The fraction of sp³-hybridized carbons (Fsp3) is 0.438. The quantitative estimate of drug-likeness (QED) is 0.852. The number of fused-ring (bicyclic) bond motifs is 1. The molecule has 2 amide bonds. The highest BCUT2D eigenvalue weighted by molar-refractivity contribution is 6.39. The molecule has 0 unspecified atom stereocenters. The first-order valence-corrected chi connectivity index (χ1v) is 7.59. The van der Waals surface area contributed by atoms with Crippen LogP contribution in [-0.2, 0) is 16.0 Å². The van der Waals surface area contributed by atoms with Gasteiger partial charge in [0.25, 0.3) is 5.91 Å². The summed E-state index contributed by atoms with van der Waals surface area (Å²) in [4.78, 5) is 23.1. The average molecular weight is 317 g/mol. The maximum atomic E-state index is 12.0. The maximum Gasteiger partial charge on any atom is 0.267 e. The lowest BCUT2D eigenvalue weighted by atomic mass is 9.96. The molecule has 0 spiro atoms. The molecule has 0 saturated carbocycles. The van der Waals surface area contributed by atoms with Gasteiger partial charge in [-0.3, -0.25) is 9.59 Å². The van der Waals surface area contributed by atoms with E-state index in [4.69, 9.17) is 9.47 Å². The van der Waals surface area contributed by atoms with Gasteiger partial charge < -0.3 is 14.8 Å². The number of methoxy groups -OCH3 is 1. The Kier molecular flexibility index (Phi) is 4.45. The minimum absolute atomic E-state index is 0.159. The summed E-state index contributed by atoms with van der Waals surface area (Å²) in [6.45, 7) is 1.03. The van der Waals surface area contributed by atoms with Gasteiger partial charge in [0.2, 0.25) is 5.91 Å². The summed E-state index contributed by atoms with van der Waals surface area (Å²) in [6.07, 6.45) is 1.49. The lowest BCUT2D eigenvalue weighted by molar-refractivity contribution is -0.121. The summed E-state index contributed by atoms with van der Waals surface area (Å²) in [5.74, 6) is 1.32. The normalized spacial score (nSPS) is 19.8. The smallest absolute Gasteiger partial charge is 0.267 e. The van der Waals surface area contributed by atoms with Crippen molar-refractivity contribution < 1.29 is 19.1 Å². The van der Waals surface area contributed by atoms with Crippen LogP contribution in [-0.4, -0.2) is 37.8 Å². The van der Waals surface area contributed by atoms with Crippen molar-refractivity contribution in [1.29, 1.82) is 0 Å². The van der Waals surface area contributed by atoms with Gasteiger partial charge in [0, 0.05) is 25.3 Å². The summed E-state index contributed by atoms with van der Waals surface area (Å²) >= 11 is 0. The number of amides is 2. The summed E-state index contributed by atoms with van der Waals surface area (Å²) in [5.41, 5.74) is 3.77. The molecule has 7 heteroatoms. The largest absolute Gasteiger partial charge is 0.493 e. The van der Waals surface area contributed by atoms with Crippen LogP contribution < -0.4 is 20.2 Å². The summed E-state index contributed by atoms with van der Waals surface area (Å²) in [6, 6.07) is 5.81. The molecule has 1 aromatic rings. The van der Waals surface area contributed by atoms with Crippen LogP contribution in [0.5, 0.6) is 11.5 Å². The van der Waals surface area contributed by atoms with Crippen molar-refractivity contribution >= 4 is 17.5 Å². The Bertz CT molecular complexity index is 657. The van der Waals surface area contributed by atoms with E-state index in [-0.39, 0.29) is 17.7 Å². The maximum absolute atomic E-state index is 12.0. The van der Waals surface area contributed by atoms with Gasteiger partial charge in [0.1, 0.15) is 5.71 Å². The molecule has 2 aliphatic heterocycles. The molecule has 23 heavy (non-hydrogen) atoms. The van der Waals surface area contributed by atoms with Crippen LogP contribution in [0.25, 0.3) is 0 Å². The molecule has 7 nitrogen and oxygen atoms in total. The van der Waals surface area contributed by atoms with Crippen molar-refractivity contribution in [3.8, 4) is 11.5 Å². The third-order valence-corrected chi connectivity index (χ3v) is 3.97. The molecule has 1 aromatic carbocycles. The van der Waals surface area contributed by atoms with Crippen LogP contribution in [0.1, 0.15) is 18.4 Å². The van der Waals surface area contributed by atoms with Gasteiger partial charge in [-0.2, -0.15) is 5.10 Å². The molecule has 0 aliphatic carbocycles. The molecule has 3 rings (SSSR count). The van der Waals surface area contributed by atoms with Crippen molar-refractivity contribution in [2.45, 2.75) is 19.3 Å². The monoisotopic (exact) mass is 317 g/mol. The molecular weight excluding hydrogens is 298 g/mol. The number of carbonyl (C=O) groups is 2. The second kappa shape index (κ2) is 6.68. The molecule has 2 heterocycles. The zero-order valence-electron chi connectivity index (χ0n) is 12.9. The number of carbonyl (C=O) groups excluding carboxylic acids is 2. The first-order chi connectivity index (χ1) is 11.2. The number of hydrazone groups is 1. The number of nitrogens with zero attached hydrogens (tertiary/aromatic N) is 1. The standard InChI is InChI=1S/C16H19N3O4/c1-22-13-4-2-3-11-7-10(9-23-15(11)13)8-17-16(21)12-5-6-14(20)19-18-12/h2-4,10H,5-9H2,1H3,(H,17,21)(H,19,20)/t10-/m0/s1. The lowest BCUT2D eigenvalue weighted by Gasteiger charge is -2.26. The number of hydrogen-bond acceptors (Lipinski definition) is 5. The SMILES string of the molecule is COc1cccc2c1OC[C@H](CNC(=O)C1=NNC(=O)CC1)C2. The third-order valence-electron chi connectivity index (χ3n) is 3.97. The van der Waals surface area contributed by atoms with E-state index in [0.717, 1.165) is 23.5 Å². The van der Waals surface area contributed by atoms with Crippen molar-refractivity contribution in [1.82, 2.24) is 10.7 Å². The van der Waals surface area contributed by atoms with E-state index in [0.29, 0.717) is 31.7 Å².